The van der Waals surface area contributed by atoms with E-state index in [1.54, 1.807) is 11.1 Å². The number of rotatable bonds is 9. The fraction of sp³-hybridized carbons (Fsp3) is 0.371. The second kappa shape index (κ2) is 16.0. The molecule has 212 valence electrons. The summed E-state index contributed by atoms with van der Waals surface area (Å²) in [4.78, 5) is 0. The molecule has 4 rings (SSSR count). The van der Waals surface area contributed by atoms with E-state index in [4.69, 9.17) is 0 Å². The van der Waals surface area contributed by atoms with Gasteiger partial charge >= 0.3 is 240 Å². The van der Waals surface area contributed by atoms with Gasteiger partial charge in [0.25, 0.3) is 0 Å². The molecule has 0 nitrogen and oxygen atoms in total. The van der Waals surface area contributed by atoms with Gasteiger partial charge in [-0.15, -0.1) is 0 Å². The van der Waals surface area contributed by atoms with Crippen LogP contribution in [0.5, 0.6) is 0 Å². The molecule has 1 aliphatic carbocycles. The molecule has 0 saturated heterocycles. The van der Waals surface area contributed by atoms with Crippen LogP contribution in [0.3, 0.4) is 0 Å². The quantitative estimate of drug-likeness (QED) is 0.278. The number of hydrogen-bond donors (Lipinski definition) is 0. The molecule has 0 saturated carbocycles. The van der Waals surface area contributed by atoms with Crippen molar-refractivity contribution in [3.63, 3.8) is 0 Å². The minimum Gasteiger partial charge on any atom is -1.00 e. The second-order valence-corrected chi connectivity index (χ2v) is 15.4. The van der Waals surface area contributed by atoms with Crippen molar-refractivity contribution in [2.75, 3.05) is 0 Å². The standard InChI is InChI=1S/C35H43Si.3ClH.Ti/c1-8-24(3)29-20-30(25(4)9-2)22-31(21-29)35-28(7)26(5)27(6)34(35)23-36(32-16-12-10-13-17-32)33-18-14-11-15-19-33;;;;/h10-22,24-25,36H,8-9,23H2,1-7H3;3*1H;/q;;;;+3/p-3. The number of allylic oxidation sites excluding steroid dienone is 4. The molecule has 0 spiro atoms. The predicted molar refractivity (Wildman–Crippen MR) is 162 cm³/mol. The van der Waals surface area contributed by atoms with Gasteiger partial charge in [-0.2, -0.15) is 0 Å². The van der Waals surface area contributed by atoms with Crippen LogP contribution < -0.4 is 47.6 Å². The number of halogens is 3. The topological polar surface area (TPSA) is 0 Å². The summed E-state index contributed by atoms with van der Waals surface area (Å²) in [6.07, 6.45) is 2.35. The monoisotopic (exact) mass is 644 g/mol. The van der Waals surface area contributed by atoms with Crippen LogP contribution in [-0.2, 0) is 20.4 Å². The molecule has 0 fully saturated rings. The van der Waals surface area contributed by atoms with Crippen molar-refractivity contribution in [1.82, 2.24) is 0 Å². The van der Waals surface area contributed by atoms with E-state index < -0.39 is 8.80 Å². The molecule has 3 atom stereocenters. The van der Waals surface area contributed by atoms with Gasteiger partial charge < -0.3 is 37.2 Å². The summed E-state index contributed by atoms with van der Waals surface area (Å²) in [7, 11) is -1.47. The van der Waals surface area contributed by atoms with Crippen molar-refractivity contribution in [1.29, 1.82) is 0 Å². The Labute approximate surface area is 275 Å². The van der Waals surface area contributed by atoms with Crippen molar-refractivity contribution >= 4 is 24.7 Å². The largest absolute Gasteiger partial charge is 1.00 e. The Morgan fingerprint density at radius 2 is 1.10 bits per heavy atom. The van der Waals surface area contributed by atoms with Crippen LogP contribution in [0.4, 0.5) is 0 Å². The van der Waals surface area contributed by atoms with E-state index in [1.165, 1.54) is 57.1 Å². The first-order valence-corrected chi connectivity index (χ1v) is 16.9. The molecule has 0 bridgehead atoms. The van der Waals surface area contributed by atoms with Crippen LogP contribution in [0, 0.1) is 0 Å². The first kappa shape index (κ1) is 37.0. The third kappa shape index (κ3) is 7.47. The SMILES string of the molecule is CCC(C)c1cc(C2=C(C)C(C)=C(C)[C]2([Ti+3])C[SiH](c2ccccc2)c2ccccc2)cc(C(C)CC)c1.[Cl-].[Cl-].[Cl-]. The van der Waals surface area contributed by atoms with E-state index in [2.05, 4.69) is 148 Å². The Morgan fingerprint density at radius 1 is 0.675 bits per heavy atom. The van der Waals surface area contributed by atoms with Crippen molar-refractivity contribution in [3.05, 3.63) is 112 Å². The Kier molecular flexibility index (Phi) is 14.8. The van der Waals surface area contributed by atoms with Gasteiger partial charge in [0.15, 0.2) is 0 Å². The molecule has 1 aliphatic rings. The molecule has 0 N–H and O–H groups in total. The fourth-order valence-corrected chi connectivity index (χ4v) is 11.1. The molecule has 0 aliphatic heterocycles. The Balaban J connectivity index is 0.00000267. The Hall–Kier alpha value is -1.06. The average molecular weight is 646 g/mol. The van der Waals surface area contributed by atoms with Gasteiger partial charge in [-0.3, -0.25) is 0 Å². The van der Waals surface area contributed by atoms with Gasteiger partial charge in [-0.25, -0.2) is 0 Å². The molecule has 3 aromatic carbocycles. The van der Waals surface area contributed by atoms with Crippen LogP contribution in [-0.4, -0.2) is 8.80 Å². The first-order valence-electron chi connectivity index (χ1n) is 14.1. The van der Waals surface area contributed by atoms with E-state index in [9.17, 15) is 0 Å². The maximum Gasteiger partial charge on any atom is -1.00 e. The Bertz CT molecular complexity index is 1230. The minimum absolute atomic E-state index is 0. The maximum absolute atomic E-state index is 2.54. The summed E-state index contributed by atoms with van der Waals surface area (Å²) >= 11 is 2.54. The van der Waals surface area contributed by atoms with Crippen LogP contribution in [0.25, 0.3) is 5.57 Å². The first-order chi connectivity index (χ1) is 17.7. The molecule has 5 heteroatoms. The van der Waals surface area contributed by atoms with Crippen molar-refractivity contribution in [2.24, 2.45) is 0 Å². The molecule has 0 aromatic heterocycles. The van der Waals surface area contributed by atoms with E-state index in [0.717, 1.165) is 0 Å². The van der Waals surface area contributed by atoms with Crippen LogP contribution in [0.2, 0.25) is 9.76 Å². The molecule has 3 unspecified atom stereocenters. The zero-order valence-electron chi connectivity index (χ0n) is 25.0. The predicted octanol–water partition coefficient (Wildman–Crippen LogP) is -0.404. The maximum atomic E-state index is 2.54. The summed E-state index contributed by atoms with van der Waals surface area (Å²) < 4.78 is 0.0253. The van der Waals surface area contributed by atoms with Crippen LogP contribution in [0.1, 0.15) is 89.8 Å². The van der Waals surface area contributed by atoms with Gasteiger partial charge in [-0.1, -0.05) is 0 Å². The molecule has 40 heavy (non-hydrogen) atoms. The number of hydrogen-bond acceptors (Lipinski definition) is 0. The zero-order chi connectivity index (χ0) is 26.7. The van der Waals surface area contributed by atoms with E-state index in [0.29, 0.717) is 11.8 Å². The molecular weight excluding hydrogens is 603 g/mol. The summed E-state index contributed by atoms with van der Waals surface area (Å²) in [5, 5.41) is 3.08. The summed E-state index contributed by atoms with van der Waals surface area (Å²) in [5.74, 6) is 1.14. The average Bonchev–Trinajstić information content (AvgIpc) is 3.10. The summed E-state index contributed by atoms with van der Waals surface area (Å²) in [5.41, 5.74) is 10.6. The second-order valence-electron chi connectivity index (χ2n) is 11.2. The van der Waals surface area contributed by atoms with Gasteiger partial charge in [0.1, 0.15) is 0 Å². The van der Waals surface area contributed by atoms with Gasteiger partial charge in [0.05, 0.1) is 0 Å². The molecule has 3 aromatic rings. The third-order valence-electron chi connectivity index (χ3n) is 9.11. The third-order valence-corrected chi connectivity index (χ3v) is 14.4. The summed E-state index contributed by atoms with van der Waals surface area (Å²) in [6.45, 7) is 16.5. The van der Waals surface area contributed by atoms with Gasteiger partial charge in [0, 0.05) is 0 Å². The van der Waals surface area contributed by atoms with E-state index in [1.807, 2.05) is 0 Å². The molecular formula is C35H43Cl3SiTi. The smallest absolute Gasteiger partial charge is 1.00 e. The number of benzene rings is 3. The van der Waals surface area contributed by atoms with Crippen molar-refractivity contribution < 1.29 is 57.7 Å². The van der Waals surface area contributed by atoms with Crippen LogP contribution in [0.15, 0.2) is 95.6 Å². The fourth-order valence-electron chi connectivity index (χ4n) is 5.98. The molecule has 0 amide bonds. The van der Waals surface area contributed by atoms with Gasteiger partial charge in [0.2, 0.25) is 0 Å². The Morgan fingerprint density at radius 3 is 1.50 bits per heavy atom. The molecule has 0 radical (unpaired) electrons. The van der Waals surface area contributed by atoms with E-state index >= 15 is 0 Å². The van der Waals surface area contributed by atoms with Gasteiger partial charge in [-0.05, 0) is 0 Å². The summed E-state index contributed by atoms with van der Waals surface area (Å²) in [6, 6.07) is 31.4. The normalized spacial score (nSPS) is 18.1. The van der Waals surface area contributed by atoms with Crippen molar-refractivity contribution in [2.45, 2.75) is 82.9 Å². The van der Waals surface area contributed by atoms with Crippen molar-refractivity contribution in [3.8, 4) is 0 Å². The van der Waals surface area contributed by atoms with Crippen LogP contribution >= 0.6 is 0 Å². The molecule has 0 heterocycles. The zero-order valence-corrected chi connectivity index (χ0v) is 30.0. The van der Waals surface area contributed by atoms with E-state index in [-0.39, 0.29) is 40.9 Å². The minimum atomic E-state index is -1.47.